The second-order valence-electron chi connectivity index (χ2n) is 4.70. The van der Waals surface area contributed by atoms with Gasteiger partial charge in [0.05, 0.1) is 13.2 Å². The highest BCUT2D eigenvalue weighted by Crippen LogP contribution is 2.16. The van der Waals surface area contributed by atoms with Gasteiger partial charge in [-0.1, -0.05) is 6.07 Å². The van der Waals surface area contributed by atoms with Crippen LogP contribution in [0.25, 0.3) is 0 Å². The Morgan fingerprint density at radius 2 is 2.11 bits per heavy atom. The Morgan fingerprint density at radius 1 is 1.33 bits per heavy atom. The smallest absolute Gasteiger partial charge is 0.127 e. The van der Waals surface area contributed by atoms with Crippen LogP contribution in [0.5, 0.6) is 0 Å². The number of halogens is 1. The minimum Gasteiger partial charge on any atom is -0.381 e. The third-order valence-electron chi connectivity index (χ3n) is 3.29. The lowest BCUT2D eigenvalue weighted by Crippen LogP contribution is -2.20. The van der Waals surface area contributed by atoms with E-state index < -0.39 is 0 Å². The molecule has 1 fully saturated rings. The molecule has 0 amide bonds. The Hall–Kier alpha value is -0.970. The van der Waals surface area contributed by atoms with Gasteiger partial charge in [-0.25, -0.2) is 4.39 Å². The van der Waals surface area contributed by atoms with Crippen LogP contribution < -0.4 is 5.73 Å². The Bertz CT molecular complexity index is 378. The molecule has 3 nitrogen and oxygen atoms in total. The topological polar surface area (TPSA) is 44.5 Å². The molecule has 1 heterocycles. The van der Waals surface area contributed by atoms with Crippen molar-refractivity contribution in [1.29, 1.82) is 0 Å². The third-order valence-corrected chi connectivity index (χ3v) is 3.29. The van der Waals surface area contributed by atoms with Gasteiger partial charge < -0.3 is 15.2 Å². The van der Waals surface area contributed by atoms with E-state index in [1.807, 2.05) is 0 Å². The highest BCUT2D eigenvalue weighted by Gasteiger charge is 2.13. The lowest BCUT2D eigenvalue weighted by atomic mass is 10.0. The maximum Gasteiger partial charge on any atom is 0.127 e. The number of hydrogen-bond donors (Lipinski definition) is 1. The van der Waals surface area contributed by atoms with E-state index in [2.05, 4.69) is 0 Å². The van der Waals surface area contributed by atoms with Gasteiger partial charge in [0.25, 0.3) is 0 Å². The fourth-order valence-electron chi connectivity index (χ4n) is 2.13. The average molecular weight is 253 g/mol. The van der Waals surface area contributed by atoms with Crippen LogP contribution in [0.1, 0.15) is 24.0 Å². The van der Waals surface area contributed by atoms with Gasteiger partial charge in [0.1, 0.15) is 5.82 Å². The molecule has 0 aliphatic carbocycles. The zero-order valence-electron chi connectivity index (χ0n) is 10.5. The maximum absolute atomic E-state index is 13.2. The van der Waals surface area contributed by atoms with Gasteiger partial charge in [0.2, 0.25) is 0 Å². The van der Waals surface area contributed by atoms with Crippen molar-refractivity contribution in [3.05, 3.63) is 35.1 Å². The molecular weight excluding hydrogens is 233 g/mol. The standard InChI is InChI=1S/C14H20FNO2/c15-14-2-1-12(7-13(14)8-16)10-18-9-11-3-5-17-6-4-11/h1-2,7,11H,3-6,8-10,16H2. The van der Waals surface area contributed by atoms with Gasteiger partial charge in [-0.3, -0.25) is 0 Å². The monoisotopic (exact) mass is 253 g/mol. The van der Waals surface area contributed by atoms with Crippen LogP contribution in [0.4, 0.5) is 4.39 Å². The SMILES string of the molecule is NCc1cc(COCC2CCOCC2)ccc1F. The molecule has 1 saturated heterocycles. The molecule has 0 spiro atoms. The van der Waals surface area contributed by atoms with E-state index in [4.69, 9.17) is 15.2 Å². The molecule has 2 rings (SSSR count). The summed E-state index contributed by atoms with van der Waals surface area (Å²) in [6.45, 7) is 3.16. The summed E-state index contributed by atoms with van der Waals surface area (Å²) in [4.78, 5) is 0. The molecule has 18 heavy (non-hydrogen) atoms. The number of benzene rings is 1. The first-order chi connectivity index (χ1) is 8.79. The van der Waals surface area contributed by atoms with Crippen molar-refractivity contribution in [2.75, 3.05) is 19.8 Å². The first kappa shape index (κ1) is 13.5. The molecule has 1 aromatic rings. The van der Waals surface area contributed by atoms with Gasteiger partial charge in [0, 0.05) is 25.3 Å². The van der Waals surface area contributed by atoms with Crippen molar-refractivity contribution in [1.82, 2.24) is 0 Å². The minimum absolute atomic E-state index is 0.222. The average Bonchev–Trinajstić information content (AvgIpc) is 2.42. The maximum atomic E-state index is 13.2. The zero-order valence-corrected chi connectivity index (χ0v) is 10.5. The summed E-state index contributed by atoms with van der Waals surface area (Å²) in [6.07, 6.45) is 2.13. The summed E-state index contributed by atoms with van der Waals surface area (Å²) in [5.41, 5.74) is 6.99. The highest BCUT2D eigenvalue weighted by molar-refractivity contribution is 5.24. The first-order valence-electron chi connectivity index (χ1n) is 6.42. The van der Waals surface area contributed by atoms with Gasteiger partial charge >= 0.3 is 0 Å². The molecule has 2 N–H and O–H groups in total. The Morgan fingerprint density at radius 3 is 2.83 bits per heavy atom. The van der Waals surface area contributed by atoms with Gasteiger partial charge in [-0.2, -0.15) is 0 Å². The van der Waals surface area contributed by atoms with Crippen LogP contribution >= 0.6 is 0 Å². The summed E-state index contributed by atoms with van der Waals surface area (Å²) >= 11 is 0. The molecule has 1 aliphatic rings. The first-order valence-corrected chi connectivity index (χ1v) is 6.42. The predicted octanol–water partition coefficient (Wildman–Crippen LogP) is 2.23. The highest BCUT2D eigenvalue weighted by atomic mass is 19.1. The van der Waals surface area contributed by atoms with E-state index in [9.17, 15) is 4.39 Å². The molecule has 0 saturated carbocycles. The van der Waals surface area contributed by atoms with Crippen LogP contribution in [0, 0.1) is 11.7 Å². The lowest BCUT2D eigenvalue weighted by molar-refractivity contribution is 0.0157. The normalized spacial score (nSPS) is 17.0. The number of ether oxygens (including phenoxy) is 2. The van der Waals surface area contributed by atoms with E-state index in [1.54, 1.807) is 12.1 Å². The number of rotatable bonds is 5. The van der Waals surface area contributed by atoms with E-state index in [1.165, 1.54) is 6.07 Å². The minimum atomic E-state index is -0.245. The van der Waals surface area contributed by atoms with Gasteiger partial charge in [-0.05, 0) is 36.5 Å². The van der Waals surface area contributed by atoms with Crippen molar-refractivity contribution >= 4 is 0 Å². The molecule has 0 bridgehead atoms. The summed E-state index contributed by atoms with van der Waals surface area (Å²) in [7, 11) is 0. The van der Waals surface area contributed by atoms with Gasteiger partial charge in [-0.15, -0.1) is 0 Å². The Labute approximate surface area is 107 Å². The molecule has 0 aromatic heterocycles. The molecular formula is C14H20FNO2. The third kappa shape index (κ3) is 3.77. The lowest BCUT2D eigenvalue weighted by Gasteiger charge is -2.21. The number of nitrogens with two attached hydrogens (primary N) is 1. The molecule has 0 atom stereocenters. The molecule has 1 aromatic carbocycles. The van der Waals surface area contributed by atoms with Crippen LogP contribution in [0.3, 0.4) is 0 Å². The summed E-state index contributed by atoms with van der Waals surface area (Å²) in [5, 5.41) is 0. The fraction of sp³-hybridized carbons (Fsp3) is 0.571. The second-order valence-corrected chi connectivity index (χ2v) is 4.70. The largest absolute Gasteiger partial charge is 0.381 e. The van der Waals surface area contributed by atoms with E-state index >= 15 is 0 Å². The van der Waals surface area contributed by atoms with Crippen molar-refractivity contribution in [2.45, 2.75) is 26.0 Å². The second kappa shape index (κ2) is 6.83. The van der Waals surface area contributed by atoms with Crippen molar-refractivity contribution in [3.63, 3.8) is 0 Å². The van der Waals surface area contributed by atoms with Crippen molar-refractivity contribution in [3.8, 4) is 0 Å². The van der Waals surface area contributed by atoms with Crippen LogP contribution in [0.2, 0.25) is 0 Å². The van der Waals surface area contributed by atoms with E-state index in [0.717, 1.165) is 38.2 Å². The number of hydrogen-bond acceptors (Lipinski definition) is 3. The molecule has 4 heteroatoms. The van der Waals surface area contributed by atoms with E-state index in [0.29, 0.717) is 18.1 Å². The Kier molecular flexibility index (Phi) is 5.11. The van der Waals surface area contributed by atoms with Crippen LogP contribution in [-0.4, -0.2) is 19.8 Å². The molecule has 0 radical (unpaired) electrons. The van der Waals surface area contributed by atoms with Crippen molar-refractivity contribution in [2.24, 2.45) is 11.7 Å². The van der Waals surface area contributed by atoms with Crippen LogP contribution in [-0.2, 0) is 22.6 Å². The van der Waals surface area contributed by atoms with Crippen molar-refractivity contribution < 1.29 is 13.9 Å². The summed E-state index contributed by atoms with van der Waals surface area (Å²) < 4.78 is 24.2. The molecule has 100 valence electrons. The van der Waals surface area contributed by atoms with Gasteiger partial charge in [0.15, 0.2) is 0 Å². The molecule has 0 unspecified atom stereocenters. The van der Waals surface area contributed by atoms with E-state index in [-0.39, 0.29) is 12.4 Å². The fourth-order valence-corrected chi connectivity index (χ4v) is 2.13. The zero-order chi connectivity index (χ0) is 12.8. The molecule has 1 aliphatic heterocycles. The summed E-state index contributed by atoms with van der Waals surface area (Å²) in [6, 6.07) is 4.98. The predicted molar refractivity (Wildman–Crippen MR) is 67.5 cm³/mol. The Balaban J connectivity index is 1.79. The quantitative estimate of drug-likeness (QED) is 0.875. The summed E-state index contributed by atoms with van der Waals surface area (Å²) in [5.74, 6) is 0.346. The van der Waals surface area contributed by atoms with Crippen LogP contribution in [0.15, 0.2) is 18.2 Å².